The second-order valence-electron chi connectivity index (χ2n) is 3.21. The van der Waals surface area contributed by atoms with Gasteiger partial charge in [0, 0.05) is 17.5 Å². The summed E-state index contributed by atoms with van der Waals surface area (Å²) in [7, 11) is 0. The quantitative estimate of drug-likeness (QED) is 0.762. The lowest BCUT2D eigenvalue weighted by Crippen LogP contribution is -2.29. The van der Waals surface area contributed by atoms with Crippen molar-refractivity contribution in [2.75, 3.05) is 18.1 Å². The highest BCUT2D eigenvalue weighted by Gasteiger charge is 2.12. The molecule has 0 saturated carbocycles. The van der Waals surface area contributed by atoms with Crippen LogP contribution < -0.4 is 5.73 Å². The predicted octanol–water partition coefficient (Wildman–Crippen LogP) is 1.81. The Balaban J connectivity index is 2.16. The van der Waals surface area contributed by atoms with E-state index in [0.717, 1.165) is 18.1 Å². The van der Waals surface area contributed by atoms with Crippen molar-refractivity contribution in [3.63, 3.8) is 0 Å². The number of nitrogens with two attached hydrogens (primary N) is 1. The molecule has 1 aliphatic rings. The lowest BCUT2D eigenvalue weighted by atomic mass is 10.1. The summed E-state index contributed by atoms with van der Waals surface area (Å²) in [4.78, 5) is 4.35. The fourth-order valence-corrected chi connectivity index (χ4v) is 2.99. The van der Waals surface area contributed by atoms with Crippen LogP contribution in [0.3, 0.4) is 0 Å². The second-order valence-corrected chi connectivity index (χ2v) is 5.57. The molecule has 1 aliphatic heterocycles. The molecule has 0 spiro atoms. The molecule has 0 amide bonds. The SMILES string of the molecule is CC(C)[C@H](N)CSC1=NCCS1. The van der Waals surface area contributed by atoms with Crippen LogP contribution in [0, 0.1) is 5.92 Å². The normalized spacial score (nSPS) is 19.8. The van der Waals surface area contributed by atoms with E-state index in [4.69, 9.17) is 5.73 Å². The summed E-state index contributed by atoms with van der Waals surface area (Å²) in [5.41, 5.74) is 5.91. The third-order valence-electron chi connectivity index (χ3n) is 1.81. The van der Waals surface area contributed by atoms with Gasteiger partial charge in [-0.2, -0.15) is 0 Å². The summed E-state index contributed by atoms with van der Waals surface area (Å²) in [6, 6.07) is 0.305. The molecule has 0 fully saturated rings. The zero-order valence-corrected chi connectivity index (χ0v) is 9.25. The van der Waals surface area contributed by atoms with Gasteiger partial charge in [-0.15, -0.1) is 0 Å². The van der Waals surface area contributed by atoms with E-state index in [9.17, 15) is 0 Å². The van der Waals surface area contributed by atoms with Crippen LogP contribution in [0.2, 0.25) is 0 Å². The molecular formula is C8H16N2S2. The first-order chi connectivity index (χ1) is 5.70. The molecule has 0 aromatic heterocycles. The second kappa shape index (κ2) is 5.14. The molecule has 70 valence electrons. The topological polar surface area (TPSA) is 38.4 Å². The Morgan fingerprint density at radius 1 is 1.67 bits per heavy atom. The maximum absolute atomic E-state index is 5.91. The van der Waals surface area contributed by atoms with Gasteiger partial charge in [-0.3, -0.25) is 4.99 Å². The van der Waals surface area contributed by atoms with Crippen LogP contribution in [0.15, 0.2) is 4.99 Å². The van der Waals surface area contributed by atoms with Gasteiger partial charge in [0.1, 0.15) is 4.38 Å². The highest BCUT2D eigenvalue weighted by atomic mass is 32.2. The molecule has 4 heteroatoms. The summed E-state index contributed by atoms with van der Waals surface area (Å²) in [6.45, 7) is 5.31. The molecule has 2 nitrogen and oxygen atoms in total. The molecule has 0 saturated heterocycles. The van der Waals surface area contributed by atoms with E-state index in [2.05, 4.69) is 18.8 Å². The van der Waals surface area contributed by atoms with Crippen molar-refractivity contribution in [3.8, 4) is 0 Å². The third-order valence-corrected chi connectivity index (χ3v) is 4.21. The Hall–Kier alpha value is 0.330. The van der Waals surface area contributed by atoms with Crippen LogP contribution in [-0.4, -0.2) is 28.5 Å². The van der Waals surface area contributed by atoms with E-state index in [1.54, 1.807) is 0 Å². The summed E-state index contributed by atoms with van der Waals surface area (Å²) in [5.74, 6) is 2.73. The minimum atomic E-state index is 0.305. The molecule has 0 aromatic rings. The molecule has 2 N–H and O–H groups in total. The van der Waals surface area contributed by atoms with E-state index in [0.29, 0.717) is 12.0 Å². The molecule has 0 aromatic carbocycles. The van der Waals surface area contributed by atoms with Crippen molar-refractivity contribution in [3.05, 3.63) is 0 Å². The van der Waals surface area contributed by atoms with E-state index in [-0.39, 0.29) is 0 Å². The Bertz CT molecular complexity index is 168. The molecule has 1 rings (SSSR count). The Kier molecular flexibility index (Phi) is 4.46. The van der Waals surface area contributed by atoms with Crippen molar-refractivity contribution < 1.29 is 0 Å². The highest BCUT2D eigenvalue weighted by molar-refractivity contribution is 8.39. The van der Waals surface area contributed by atoms with E-state index in [1.165, 1.54) is 4.38 Å². The maximum Gasteiger partial charge on any atom is 0.124 e. The van der Waals surface area contributed by atoms with Crippen molar-refractivity contribution in [1.29, 1.82) is 0 Å². The van der Waals surface area contributed by atoms with Gasteiger partial charge in [0.2, 0.25) is 0 Å². The van der Waals surface area contributed by atoms with Crippen LogP contribution in [0.4, 0.5) is 0 Å². The number of hydrogen-bond acceptors (Lipinski definition) is 4. The van der Waals surface area contributed by atoms with Crippen LogP contribution in [0.25, 0.3) is 0 Å². The third kappa shape index (κ3) is 3.37. The number of hydrogen-bond donors (Lipinski definition) is 1. The minimum absolute atomic E-state index is 0.305. The fraction of sp³-hybridized carbons (Fsp3) is 0.875. The number of thioether (sulfide) groups is 2. The molecule has 1 heterocycles. The van der Waals surface area contributed by atoms with Crippen LogP contribution in [0.5, 0.6) is 0 Å². The first kappa shape index (κ1) is 10.4. The minimum Gasteiger partial charge on any atom is -0.327 e. The van der Waals surface area contributed by atoms with Gasteiger partial charge in [-0.25, -0.2) is 0 Å². The van der Waals surface area contributed by atoms with Crippen molar-refractivity contribution in [2.24, 2.45) is 16.6 Å². The molecule has 0 radical (unpaired) electrons. The fourth-order valence-electron chi connectivity index (χ4n) is 0.763. The van der Waals surface area contributed by atoms with E-state index >= 15 is 0 Å². The zero-order chi connectivity index (χ0) is 8.97. The summed E-state index contributed by atoms with van der Waals surface area (Å²) >= 11 is 3.66. The van der Waals surface area contributed by atoms with Crippen LogP contribution in [0.1, 0.15) is 13.8 Å². The Labute approximate surface area is 82.8 Å². The van der Waals surface area contributed by atoms with Gasteiger partial charge >= 0.3 is 0 Å². The van der Waals surface area contributed by atoms with E-state index in [1.807, 2.05) is 23.5 Å². The van der Waals surface area contributed by atoms with Crippen LogP contribution >= 0.6 is 23.5 Å². The highest BCUT2D eigenvalue weighted by Crippen LogP contribution is 2.23. The van der Waals surface area contributed by atoms with Crippen LogP contribution in [-0.2, 0) is 0 Å². The lowest BCUT2D eigenvalue weighted by molar-refractivity contribution is 0.536. The van der Waals surface area contributed by atoms with Crippen molar-refractivity contribution in [2.45, 2.75) is 19.9 Å². The van der Waals surface area contributed by atoms with Crippen molar-refractivity contribution in [1.82, 2.24) is 0 Å². The number of aliphatic imine (C=N–C) groups is 1. The molecule has 12 heavy (non-hydrogen) atoms. The van der Waals surface area contributed by atoms with Gasteiger partial charge < -0.3 is 5.73 Å². The van der Waals surface area contributed by atoms with Crippen molar-refractivity contribution >= 4 is 27.9 Å². The smallest absolute Gasteiger partial charge is 0.124 e. The Morgan fingerprint density at radius 3 is 2.92 bits per heavy atom. The Morgan fingerprint density at radius 2 is 2.42 bits per heavy atom. The van der Waals surface area contributed by atoms with Gasteiger partial charge in [0.25, 0.3) is 0 Å². The number of nitrogens with zero attached hydrogens (tertiary/aromatic N) is 1. The van der Waals surface area contributed by atoms with Gasteiger partial charge in [0.15, 0.2) is 0 Å². The summed E-state index contributed by atoms with van der Waals surface area (Å²) < 4.78 is 1.23. The molecule has 1 atom stereocenters. The molecule has 0 aliphatic carbocycles. The molecule has 0 bridgehead atoms. The van der Waals surface area contributed by atoms with Gasteiger partial charge in [-0.05, 0) is 5.92 Å². The summed E-state index contributed by atoms with van der Waals surface area (Å²) in [5, 5.41) is 0. The zero-order valence-electron chi connectivity index (χ0n) is 7.62. The lowest BCUT2D eigenvalue weighted by Gasteiger charge is -2.14. The first-order valence-electron chi connectivity index (χ1n) is 4.26. The molecule has 0 unspecified atom stereocenters. The number of rotatable bonds is 3. The van der Waals surface area contributed by atoms with Gasteiger partial charge in [0.05, 0.1) is 6.54 Å². The summed E-state index contributed by atoms with van der Waals surface area (Å²) in [6.07, 6.45) is 0. The monoisotopic (exact) mass is 204 g/mol. The maximum atomic E-state index is 5.91. The standard InChI is InChI=1S/C8H16N2S2/c1-6(2)7(9)5-12-8-10-3-4-11-8/h6-7H,3-5,9H2,1-2H3/t7-/m1/s1. The average molecular weight is 204 g/mol. The predicted molar refractivity (Wildman–Crippen MR) is 60.0 cm³/mol. The first-order valence-corrected chi connectivity index (χ1v) is 6.23. The molecular weight excluding hydrogens is 188 g/mol. The average Bonchev–Trinajstić information content (AvgIpc) is 2.51. The van der Waals surface area contributed by atoms with E-state index < -0.39 is 0 Å². The van der Waals surface area contributed by atoms with Gasteiger partial charge in [-0.1, -0.05) is 37.4 Å². The largest absolute Gasteiger partial charge is 0.327 e.